The third-order valence-electron chi connectivity index (χ3n) is 6.53. The predicted molar refractivity (Wildman–Crippen MR) is 133 cm³/mol. The van der Waals surface area contributed by atoms with Gasteiger partial charge in [-0.05, 0) is 69.2 Å². The molecule has 0 aromatic heterocycles. The summed E-state index contributed by atoms with van der Waals surface area (Å²) in [5.74, 6) is 0.555. The Labute approximate surface area is 197 Å². The first-order valence-electron chi connectivity index (χ1n) is 12.1. The van der Waals surface area contributed by atoms with E-state index in [1.165, 1.54) is 12.5 Å². The molecule has 6 heteroatoms. The third kappa shape index (κ3) is 7.69. The minimum Gasteiger partial charge on any atom is -0.392 e. The lowest BCUT2D eigenvalue weighted by molar-refractivity contribution is 0.00685. The van der Waals surface area contributed by atoms with E-state index in [1.54, 1.807) is 24.3 Å². The second-order valence-corrected chi connectivity index (χ2v) is 9.03. The number of aliphatic hydroxyl groups excluding tert-OH is 1. The number of hydrogen-bond acceptors (Lipinski definition) is 4. The Morgan fingerprint density at radius 1 is 1.15 bits per heavy atom. The molecule has 1 fully saturated rings. The summed E-state index contributed by atoms with van der Waals surface area (Å²) in [7, 11) is 0. The number of aliphatic hydroxyl groups is 1. The maximum Gasteiger partial charge on any atom is 0.319 e. The van der Waals surface area contributed by atoms with Crippen LogP contribution in [0.5, 0.6) is 0 Å². The molecule has 1 saturated heterocycles. The average Bonchev–Trinajstić information content (AvgIpc) is 2.82. The molecule has 3 N–H and O–H groups in total. The van der Waals surface area contributed by atoms with Crippen LogP contribution in [0.15, 0.2) is 54.6 Å². The van der Waals surface area contributed by atoms with Crippen molar-refractivity contribution in [3.05, 3.63) is 65.7 Å². The quantitative estimate of drug-likeness (QED) is 0.367. The lowest BCUT2D eigenvalue weighted by Gasteiger charge is -2.42. The molecule has 1 aliphatic rings. The number of ketones is 1. The number of rotatable bonds is 10. The van der Waals surface area contributed by atoms with Gasteiger partial charge in [-0.2, -0.15) is 0 Å². The van der Waals surface area contributed by atoms with E-state index < -0.39 is 0 Å². The number of likely N-dealkylation sites (tertiary alicyclic amines) is 1. The van der Waals surface area contributed by atoms with Gasteiger partial charge < -0.3 is 15.7 Å². The molecule has 2 aromatic rings. The van der Waals surface area contributed by atoms with E-state index in [4.69, 9.17) is 0 Å². The van der Waals surface area contributed by atoms with Crippen LogP contribution in [0, 0.1) is 5.92 Å². The van der Waals surface area contributed by atoms with Crippen molar-refractivity contribution in [2.45, 2.75) is 58.1 Å². The predicted octanol–water partition coefficient (Wildman–Crippen LogP) is 4.50. The summed E-state index contributed by atoms with van der Waals surface area (Å²) in [5.41, 5.74) is 2.54. The van der Waals surface area contributed by atoms with Crippen molar-refractivity contribution in [1.82, 2.24) is 10.2 Å². The monoisotopic (exact) mass is 451 g/mol. The SMILES string of the molecule is CC[C@@H](O)[C@H]1C[C@@H](Cc2ccccc2)CCN1CCCNC(=O)Nc1cccc(C(C)=O)c1. The first kappa shape index (κ1) is 24.9. The van der Waals surface area contributed by atoms with E-state index in [1.807, 2.05) is 13.0 Å². The van der Waals surface area contributed by atoms with Gasteiger partial charge in [-0.1, -0.05) is 49.4 Å². The maximum atomic E-state index is 12.2. The molecule has 33 heavy (non-hydrogen) atoms. The highest BCUT2D eigenvalue weighted by Gasteiger charge is 2.32. The first-order valence-corrected chi connectivity index (χ1v) is 12.1. The molecule has 178 valence electrons. The van der Waals surface area contributed by atoms with Crippen molar-refractivity contribution < 1.29 is 14.7 Å². The van der Waals surface area contributed by atoms with Crippen LogP contribution >= 0.6 is 0 Å². The number of piperidine rings is 1. The van der Waals surface area contributed by atoms with E-state index in [-0.39, 0.29) is 24.0 Å². The largest absolute Gasteiger partial charge is 0.392 e. The van der Waals surface area contributed by atoms with Crippen molar-refractivity contribution in [3.63, 3.8) is 0 Å². The number of amides is 2. The van der Waals surface area contributed by atoms with Crippen LogP contribution in [0.4, 0.5) is 10.5 Å². The standard InChI is InChI=1S/C27H37N3O3/c1-3-26(32)25-18-22(17-21-9-5-4-6-10-21)13-16-30(25)15-8-14-28-27(33)29-24-12-7-11-23(19-24)20(2)31/h4-7,9-12,19,22,25-26,32H,3,8,13-18H2,1-2H3,(H2,28,29,33)/t22-,25-,26-/m1/s1. The third-order valence-corrected chi connectivity index (χ3v) is 6.53. The van der Waals surface area contributed by atoms with E-state index >= 15 is 0 Å². The fourth-order valence-electron chi connectivity index (χ4n) is 4.68. The minimum absolute atomic E-state index is 0.0320. The molecule has 2 aromatic carbocycles. The summed E-state index contributed by atoms with van der Waals surface area (Å²) in [6, 6.07) is 17.4. The topological polar surface area (TPSA) is 81.7 Å². The van der Waals surface area contributed by atoms with Crippen LogP contribution in [-0.4, -0.2) is 53.6 Å². The van der Waals surface area contributed by atoms with Gasteiger partial charge >= 0.3 is 6.03 Å². The van der Waals surface area contributed by atoms with Gasteiger partial charge in [0.2, 0.25) is 0 Å². The molecule has 0 spiro atoms. The number of urea groups is 1. The number of benzene rings is 2. The van der Waals surface area contributed by atoms with Gasteiger partial charge in [0.15, 0.2) is 5.78 Å². The molecule has 0 bridgehead atoms. The average molecular weight is 452 g/mol. The molecule has 2 amide bonds. The highest BCUT2D eigenvalue weighted by atomic mass is 16.3. The van der Waals surface area contributed by atoms with Crippen molar-refractivity contribution >= 4 is 17.5 Å². The van der Waals surface area contributed by atoms with Crippen LogP contribution in [-0.2, 0) is 6.42 Å². The Morgan fingerprint density at radius 2 is 1.94 bits per heavy atom. The van der Waals surface area contributed by atoms with E-state index in [9.17, 15) is 14.7 Å². The smallest absolute Gasteiger partial charge is 0.319 e. The van der Waals surface area contributed by atoms with E-state index in [0.717, 1.165) is 45.2 Å². The Hall–Kier alpha value is -2.70. The van der Waals surface area contributed by atoms with Gasteiger partial charge in [0.05, 0.1) is 6.10 Å². The van der Waals surface area contributed by atoms with Crippen molar-refractivity contribution in [2.75, 3.05) is 25.0 Å². The van der Waals surface area contributed by atoms with Crippen LogP contribution in [0.2, 0.25) is 0 Å². The Kier molecular flexibility index (Phi) is 9.46. The Bertz CT molecular complexity index is 902. The maximum absolute atomic E-state index is 12.2. The molecular weight excluding hydrogens is 414 g/mol. The van der Waals surface area contributed by atoms with Crippen LogP contribution in [0.25, 0.3) is 0 Å². The second-order valence-electron chi connectivity index (χ2n) is 9.03. The molecule has 0 saturated carbocycles. The molecular formula is C27H37N3O3. The molecule has 3 atom stereocenters. The number of hydrogen-bond donors (Lipinski definition) is 3. The Balaban J connectivity index is 1.44. The zero-order chi connectivity index (χ0) is 23.6. The number of carbonyl (C=O) groups excluding carboxylic acids is 2. The van der Waals surface area contributed by atoms with E-state index in [0.29, 0.717) is 23.7 Å². The first-order chi connectivity index (χ1) is 16.0. The van der Waals surface area contributed by atoms with Crippen LogP contribution in [0.1, 0.15) is 55.5 Å². The van der Waals surface area contributed by atoms with E-state index in [2.05, 4.69) is 39.8 Å². The molecule has 0 unspecified atom stereocenters. The minimum atomic E-state index is -0.326. The summed E-state index contributed by atoms with van der Waals surface area (Å²) in [6.45, 7) is 5.92. The fraction of sp³-hybridized carbons (Fsp3) is 0.481. The Morgan fingerprint density at radius 3 is 2.67 bits per heavy atom. The zero-order valence-corrected chi connectivity index (χ0v) is 19.8. The summed E-state index contributed by atoms with van der Waals surface area (Å²) < 4.78 is 0. The lowest BCUT2D eigenvalue weighted by Crippen LogP contribution is -2.50. The molecule has 6 nitrogen and oxygen atoms in total. The van der Waals surface area contributed by atoms with Gasteiger partial charge in [0, 0.05) is 30.4 Å². The summed E-state index contributed by atoms with van der Waals surface area (Å²) in [6.07, 6.45) is 4.44. The van der Waals surface area contributed by atoms with Gasteiger partial charge in [0.25, 0.3) is 0 Å². The van der Waals surface area contributed by atoms with Gasteiger partial charge in [-0.25, -0.2) is 4.79 Å². The van der Waals surface area contributed by atoms with Crippen molar-refractivity contribution in [3.8, 4) is 0 Å². The highest BCUT2D eigenvalue weighted by molar-refractivity contribution is 5.96. The lowest BCUT2D eigenvalue weighted by atomic mass is 9.83. The van der Waals surface area contributed by atoms with Gasteiger partial charge in [0.1, 0.15) is 0 Å². The fourth-order valence-corrected chi connectivity index (χ4v) is 4.68. The number of anilines is 1. The zero-order valence-electron chi connectivity index (χ0n) is 19.8. The van der Waals surface area contributed by atoms with Crippen LogP contribution < -0.4 is 10.6 Å². The molecule has 3 rings (SSSR count). The number of nitrogens with one attached hydrogen (secondary N) is 2. The van der Waals surface area contributed by atoms with Crippen molar-refractivity contribution in [2.24, 2.45) is 5.92 Å². The number of nitrogens with zero attached hydrogens (tertiary/aromatic N) is 1. The second kappa shape index (κ2) is 12.5. The molecule has 1 aliphatic heterocycles. The van der Waals surface area contributed by atoms with Gasteiger partial charge in [-0.3, -0.25) is 9.69 Å². The summed E-state index contributed by atoms with van der Waals surface area (Å²) in [4.78, 5) is 26.1. The summed E-state index contributed by atoms with van der Waals surface area (Å²) >= 11 is 0. The number of carbonyl (C=O) groups is 2. The molecule has 0 radical (unpaired) electrons. The van der Waals surface area contributed by atoms with Crippen LogP contribution in [0.3, 0.4) is 0 Å². The normalized spacial score (nSPS) is 19.6. The number of Topliss-reactive ketones (excluding diaryl/α,β-unsaturated/α-hetero) is 1. The van der Waals surface area contributed by atoms with Gasteiger partial charge in [-0.15, -0.1) is 0 Å². The molecule has 0 aliphatic carbocycles. The summed E-state index contributed by atoms with van der Waals surface area (Å²) in [5, 5.41) is 16.3. The highest BCUT2D eigenvalue weighted by Crippen LogP contribution is 2.29. The molecule has 1 heterocycles. The van der Waals surface area contributed by atoms with Crippen molar-refractivity contribution in [1.29, 1.82) is 0 Å².